The highest BCUT2D eigenvalue weighted by Crippen LogP contribution is 2.37. The highest BCUT2D eigenvalue weighted by Gasteiger charge is 2.25. The van der Waals surface area contributed by atoms with Crippen molar-refractivity contribution < 1.29 is 23.4 Å². The molecule has 6 heteroatoms. The number of carbonyl (C=O) groups is 1. The van der Waals surface area contributed by atoms with Gasteiger partial charge in [-0.15, -0.1) is 0 Å². The Bertz CT molecular complexity index is 1060. The molecule has 0 unspecified atom stereocenters. The number of fused-ring (bicyclic) bond motifs is 1. The molecule has 0 atom stereocenters. The van der Waals surface area contributed by atoms with Crippen molar-refractivity contribution in [1.29, 1.82) is 0 Å². The van der Waals surface area contributed by atoms with E-state index in [1.165, 1.54) is 6.07 Å². The van der Waals surface area contributed by atoms with Gasteiger partial charge in [-0.25, -0.2) is 4.39 Å². The number of methoxy groups -OCH3 is 1. The third kappa shape index (κ3) is 3.78. The predicted molar refractivity (Wildman–Crippen MR) is 106 cm³/mol. The molecule has 148 valence electrons. The van der Waals surface area contributed by atoms with Crippen LogP contribution < -0.4 is 14.2 Å². The first-order valence-electron chi connectivity index (χ1n) is 9.28. The summed E-state index contributed by atoms with van der Waals surface area (Å²) in [6.45, 7) is 2.16. The summed E-state index contributed by atoms with van der Waals surface area (Å²) in [7, 11) is 1.62. The zero-order chi connectivity index (χ0) is 20.4. The van der Waals surface area contributed by atoms with E-state index in [4.69, 9.17) is 14.2 Å². The molecule has 1 aliphatic rings. The molecule has 29 heavy (non-hydrogen) atoms. The van der Waals surface area contributed by atoms with E-state index in [-0.39, 0.29) is 30.1 Å². The van der Waals surface area contributed by atoms with Crippen LogP contribution in [0.15, 0.2) is 48.7 Å². The smallest absolute Gasteiger partial charge is 0.170 e. The van der Waals surface area contributed by atoms with Gasteiger partial charge in [-0.1, -0.05) is 0 Å². The van der Waals surface area contributed by atoms with E-state index in [9.17, 15) is 9.18 Å². The van der Waals surface area contributed by atoms with Gasteiger partial charge in [0.1, 0.15) is 18.1 Å². The topological polar surface area (TPSA) is 57.7 Å². The number of Topliss-reactive ketones (excluding diaryl/α,β-unsaturated/α-hetero) is 1. The number of rotatable bonds is 5. The second-order valence-electron chi connectivity index (χ2n) is 6.78. The summed E-state index contributed by atoms with van der Waals surface area (Å²) in [5, 5.41) is 0. The summed E-state index contributed by atoms with van der Waals surface area (Å²) in [6, 6.07) is 12.5. The number of hydrogen-bond donors (Lipinski definition) is 0. The molecule has 1 aliphatic heterocycles. The Labute approximate surface area is 168 Å². The first-order chi connectivity index (χ1) is 14.1. The van der Waals surface area contributed by atoms with Crippen molar-refractivity contribution in [2.24, 2.45) is 0 Å². The van der Waals surface area contributed by atoms with E-state index < -0.39 is 5.82 Å². The van der Waals surface area contributed by atoms with Crippen LogP contribution in [0.3, 0.4) is 0 Å². The molecular weight excluding hydrogens is 373 g/mol. The average molecular weight is 393 g/mol. The lowest BCUT2D eigenvalue weighted by atomic mass is 10.0. The van der Waals surface area contributed by atoms with E-state index >= 15 is 0 Å². The van der Waals surface area contributed by atoms with Gasteiger partial charge in [-0.2, -0.15) is 0 Å². The lowest BCUT2D eigenvalue weighted by Crippen LogP contribution is -2.17. The van der Waals surface area contributed by atoms with Crippen molar-refractivity contribution in [3.8, 4) is 28.5 Å². The molecule has 0 saturated carbocycles. The fraction of sp³-hybridized carbons (Fsp3) is 0.217. The highest BCUT2D eigenvalue weighted by molar-refractivity contribution is 6.00. The van der Waals surface area contributed by atoms with E-state index in [2.05, 4.69) is 4.98 Å². The Hall–Kier alpha value is -3.41. The van der Waals surface area contributed by atoms with Gasteiger partial charge in [-0.05, 0) is 55.0 Å². The number of benzene rings is 2. The van der Waals surface area contributed by atoms with Gasteiger partial charge in [0.15, 0.2) is 17.3 Å². The van der Waals surface area contributed by atoms with Crippen molar-refractivity contribution >= 4 is 5.78 Å². The maximum atomic E-state index is 14.6. The summed E-state index contributed by atoms with van der Waals surface area (Å²) in [5.74, 6) is 0.599. The third-order valence-corrected chi connectivity index (χ3v) is 4.88. The standard InChI is InChI=1S/C23H20FNO4/c1-14-22-18(21(26)8-10-28-22)12-19(24)23(14)29-13-15-7-9-25-20(11-15)16-3-5-17(27-2)6-4-16/h3-7,9,11-12H,8,10,13H2,1-2H3. The van der Waals surface area contributed by atoms with E-state index in [1.807, 2.05) is 36.4 Å². The van der Waals surface area contributed by atoms with Gasteiger partial charge in [0, 0.05) is 23.7 Å². The third-order valence-electron chi connectivity index (χ3n) is 4.88. The maximum absolute atomic E-state index is 14.6. The number of aromatic nitrogens is 1. The molecule has 1 aromatic heterocycles. The molecule has 0 amide bonds. The minimum atomic E-state index is -0.565. The molecule has 2 aromatic carbocycles. The zero-order valence-corrected chi connectivity index (χ0v) is 16.2. The molecule has 0 spiro atoms. The van der Waals surface area contributed by atoms with Crippen LogP contribution in [0.2, 0.25) is 0 Å². The number of ketones is 1. The highest BCUT2D eigenvalue weighted by atomic mass is 19.1. The maximum Gasteiger partial charge on any atom is 0.170 e. The fourth-order valence-corrected chi connectivity index (χ4v) is 3.33. The molecule has 5 nitrogen and oxygen atoms in total. The number of pyridine rings is 1. The van der Waals surface area contributed by atoms with E-state index in [0.717, 1.165) is 22.6 Å². The van der Waals surface area contributed by atoms with Crippen LogP contribution in [-0.2, 0) is 6.61 Å². The van der Waals surface area contributed by atoms with Gasteiger partial charge in [0.25, 0.3) is 0 Å². The molecule has 0 saturated heterocycles. The Morgan fingerprint density at radius 3 is 2.72 bits per heavy atom. The fourth-order valence-electron chi connectivity index (χ4n) is 3.33. The summed E-state index contributed by atoms with van der Waals surface area (Å²) >= 11 is 0. The van der Waals surface area contributed by atoms with Crippen molar-refractivity contribution in [3.63, 3.8) is 0 Å². The molecule has 2 heterocycles. The van der Waals surface area contributed by atoms with Crippen LogP contribution in [0.4, 0.5) is 4.39 Å². The molecule has 3 aromatic rings. The molecule has 0 fully saturated rings. The van der Waals surface area contributed by atoms with Crippen LogP contribution >= 0.6 is 0 Å². The quantitative estimate of drug-likeness (QED) is 0.626. The van der Waals surface area contributed by atoms with Crippen LogP contribution in [-0.4, -0.2) is 24.5 Å². The van der Waals surface area contributed by atoms with Crippen LogP contribution in [0, 0.1) is 12.7 Å². The molecule has 4 rings (SSSR count). The van der Waals surface area contributed by atoms with Crippen molar-refractivity contribution in [2.75, 3.05) is 13.7 Å². The van der Waals surface area contributed by atoms with E-state index in [1.54, 1.807) is 20.2 Å². The second kappa shape index (κ2) is 7.91. The average Bonchev–Trinajstić information content (AvgIpc) is 2.75. The first-order valence-corrected chi connectivity index (χ1v) is 9.28. The first kappa shape index (κ1) is 18.9. The van der Waals surface area contributed by atoms with Gasteiger partial charge < -0.3 is 14.2 Å². The summed E-state index contributed by atoms with van der Waals surface area (Å²) in [4.78, 5) is 16.4. The van der Waals surface area contributed by atoms with Crippen LogP contribution in [0.1, 0.15) is 27.9 Å². The number of nitrogens with zero attached hydrogens (tertiary/aromatic N) is 1. The Balaban J connectivity index is 1.56. The molecule has 0 aliphatic carbocycles. The Kier molecular flexibility index (Phi) is 5.16. The van der Waals surface area contributed by atoms with Crippen LogP contribution in [0.5, 0.6) is 17.2 Å². The van der Waals surface area contributed by atoms with Crippen molar-refractivity contribution in [2.45, 2.75) is 20.0 Å². The summed E-state index contributed by atoms with van der Waals surface area (Å²) in [6.07, 6.45) is 1.95. The monoisotopic (exact) mass is 393 g/mol. The lowest BCUT2D eigenvalue weighted by molar-refractivity contribution is 0.0931. The summed E-state index contributed by atoms with van der Waals surface area (Å²) < 4.78 is 31.1. The molecule has 0 bridgehead atoms. The lowest BCUT2D eigenvalue weighted by Gasteiger charge is -2.21. The number of hydrogen-bond acceptors (Lipinski definition) is 5. The second-order valence-corrected chi connectivity index (χ2v) is 6.78. The number of ether oxygens (including phenoxy) is 3. The SMILES string of the molecule is COc1ccc(-c2cc(COc3c(F)cc4c(c3C)OCCC4=O)ccn2)cc1. The summed E-state index contributed by atoms with van der Waals surface area (Å²) in [5.41, 5.74) is 3.35. The minimum Gasteiger partial charge on any atom is -0.497 e. The van der Waals surface area contributed by atoms with Crippen LogP contribution in [0.25, 0.3) is 11.3 Å². The normalized spacial score (nSPS) is 12.9. The van der Waals surface area contributed by atoms with Gasteiger partial charge in [0.2, 0.25) is 0 Å². The predicted octanol–water partition coefficient (Wildman–Crippen LogP) is 4.75. The van der Waals surface area contributed by atoms with Gasteiger partial charge in [-0.3, -0.25) is 9.78 Å². The number of halogens is 1. The molecule has 0 N–H and O–H groups in total. The van der Waals surface area contributed by atoms with Gasteiger partial charge in [0.05, 0.1) is 25.0 Å². The Morgan fingerprint density at radius 1 is 1.17 bits per heavy atom. The minimum absolute atomic E-state index is 0.0984. The van der Waals surface area contributed by atoms with Crippen molar-refractivity contribution in [1.82, 2.24) is 4.98 Å². The van der Waals surface area contributed by atoms with Crippen molar-refractivity contribution in [3.05, 3.63) is 71.2 Å². The molecule has 0 radical (unpaired) electrons. The van der Waals surface area contributed by atoms with Gasteiger partial charge >= 0.3 is 0 Å². The number of carbonyl (C=O) groups excluding carboxylic acids is 1. The molecular formula is C23H20FNO4. The van der Waals surface area contributed by atoms with E-state index in [0.29, 0.717) is 17.9 Å². The Morgan fingerprint density at radius 2 is 1.97 bits per heavy atom. The largest absolute Gasteiger partial charge is 0.497 e. The zero-order valence-electron chi connectivity index (χ0n) is 16.2.